The first-order chi connectivity index (χ1) is 13.5. The summed E-state index contributed by atoms with van der Waals surface area (Å²) in [7, 11) is -3.48. The van der Waals surface area contributed by atoms with Crippen molar-refractivity contribution in [1.82, 2.24) is 9.29 Å². The van der Waals surface area contributed by atoms with Crippen LogP contribution < -0.4 is 4.74 Å². The van der Waals surface area contributed by atoms with Crippen molar-refractivity contribution in [3.05, 3.63) is 59.2 Å². The zero-order valence-corrected chi connectivity index (χ0v) is 17.3. The van der Waals surface area contributed by atoms with E-state index in [0.717, 1.165) is 29.4 Å². The number of aromatic amines is 1. The molecule has 1 fully saturated rings. The molecule has 1 aliphatic rings. The second-order valence-electron chi connectivity index (χ2n) is 7.04. The molecule has 1 aliphatic heterocycles. The Kier molecular flexibility index (Phi) is 5.36. The normalized spacial score (nSPS) is 16.5. The summed E-state index contributed by atoms with van der Waals surface area (Å²) < 4.78 is 32.9. The Morgan fingerprint density at radius 1 is 1.11 bits per heavy atom. The highest BCUT2D eigenvalue weighted by Crippen LogP contribution is 2.33. The smallest absolute Gasteiger partial charge is 0.243 e. The molecule has 2 heterocycles. The van der Waals surface area contributed by atoms with Crippen LogP contribution in [0.2, 0.25) is 5.02 Å². The van der Waals surface area contributed by atoms with Crippen molar-refractivity contribution in [3.8, 4) is 5.75 Å². The molecule has 0 radical (unpaired) electrons. The molecule has 2 aromatic carbocycles. The molecular weight excluding hydrogens is 396 g/mol. The molecular formula is C21H23ClN2O3S. The Bertz CT molecular complexity index is 1070. The zero-order valence-electron chi connectivity index (χ0n) is 15.7. The van der Waals surface area contributed by atoms with Gasteiger partial charge >= 0.3 is 0 Å². The van der Waals surface area contributed by atoms with Crippen LogP contribution in [-0.2, 0) is 10.0 Å². The molecule has 0 aliphatic carbocycles. The summed E-state index contributed by atoms with van der Waals surface area (Å²) in [5, 5.41) is 1.81. The predicted octanol–water partition coefficient (Wildman–Crippen LogP) is 4.79. The first-order valence-electron chi connectivity index (χ1n) is 9.48. The largest absolute Gasteiger partial charge is 0.494 e. The number of hydrogen-bond acceptors (Lipinski definition) is 3. The van der Waals surface area contributed by atoms with Crippen molar-refractivity contribution in [2.75, 3.05) is 19.7 Å². The van der Waals surface area contributed by atoms with Crippen LogP contribution >= 0.6 is 11.6 Å². The standard InChI is InChI=1S/C21H23ClN2O3S/c1-2-27-18-4-6-19(7-5-18)28(25,26)24-11-9-15(10-12-24)21-14-16-13-17(22)3-8-20(16)23-21/h3-8,13-15,23H,2,9-12H2,1H3. The van der Waals surface area contributed by atoms with Crippen molar-refractivity contribution in [1.29, 1.82) is 0 Å². The van der Waals surface area contributed by atoms with Gasteiger partial charge in [0.1, 0.15) is 5.75 Å². The quantitative estimate of drug-likeness (QED) is 0.648. The van der Waals surface area contributed by atoms with Crippen molar-refractivity contribution < 1.29 is 13.2 Å². The van der Waals surface area contributed by atoms with Gasteiger partial charge in [-0.3, -0.25) is 0 Å². The maximum absolute atomic E-state index is 12.9. The van der Waals surface area contributed by atoms with Crippen molar-refractivity contribution in [2.45, 2.75) is 30.6 Å². The van der Waals surface area contributed by atoms with E-state index < -0.39 is 10.0 Å². The Hall–Kier alpha value is -2.02. The fourth-order valence-electron chi connectivity index (χ4n) is 3.78. The molecule has 28 heavy (non-hydrogen) atoms. The molecule has 0 unspecified atom stereocenters. The van der Waals surface area contributed by atoms with E-state index in [4.69, 9.17) is 16.3 Å². The summed E-state index contributed by atoms with van der Waals surface area (Å²) in [6, 6.07) is 14.6. The van der Waals surface area contributed by atoms with E-state index in [2.05, 4.69) is 11.1 Å². The minimum atomic E-state index is -3.48. The number of H-pyrrole nitrogens is 1. The van der Waals surface area contributed by atoms with E-state index in [9.17, 15) is 8.42 Å². The number of fused-ring (bicyclic) bond motifs is 1. The molecule has 148 valence electrons. The SMILES string of the molecule is CCOc1ccc(S(=O)(=O)N2CCC(c3cc4cc(Cl)ccc4[nH]3)CC2)cc1. The number of hydrogen-bond donors (Lipinski definition) is 1. The lowest BCUT2D eigenvalue weighted by atomic mass is 9.95. The van der Waals surface area contributed by atoms with Gasteiger partial charge < -0.3 is 9.72 Å². The highest BCUT2D eigenvalue weighted by molar-refractivity contribution is 7.89. The molecule has 1 aromatic heterocycles. The second-order valence-corrected chi connectivity index (χ2v) is 9.41. The van der Waals surface area contributed by atoms with Crippen LogP contribution in [0.1, 0.15) is 31.4 Å². The van der Waals surface area contributed by atoms with Gasteiger partial charge in [-0.15, -0.1) is 0 Å². The highest BCUT2D eigenvalue weighted by atomic mass is 35.5. The molecule has 0 saturated carbocycles. The van der Waals surface area contributed by atoms with Crippen LogP contribution in [0, 0.1) is 0 Å². The molecule has 0 amide bonds. The average Bonchev–Trinajstić information content (AvgIpc) is 3.12. The number of rotatable bonds is 5. The first-order valence-corrected chi connectivity index (χ1v) is 11.3. The molecule has 1 saturated heterocycles. The molecule has 5 nitrogen and oxygen atoms in total. The molecule has 0 bridgehead atoms. The zero-order chi connectivity index (χ0) is 19.7. The third-order valence-electron chi connectivity index (χ3n) is 5.27. The minimum Gasteiger partial charge on any atom is -0.494 e. The van der Waals surface area contributed by atoms with Crippen molar-refractivity contribution in [2.24, 2.45) is 0 Å². The van der Waals surface area contributed by atoms with Gasteiger partial charge in [-0.05, 0) is 68.3 Å². The van der Waals surface area contributed by atoms with E-state index in [1.54, 1.807) is 28.6 Å². The van der Waals surface area contributed by atoms with Gasteiger partial charge in [0.25, 0.3) is 0 Å². The number of ether oxygens (including phenoxy) is 1. The number of benzene rings is 2. The molecule has 7 heteroatoms. The minimum absolute atomic E-state index is 0.314. The van der Waals surface area contributed by atoms with Crippen molar-refractivity contribution >= 4 is 32.5 Å². The van der Waals surface area contributed by atoms with Gasteiger partial charge in [0, 0.05) is 40.6 Å². The second kappa shape index (κ2) is 7.78. The molecule has 3 aromatic rings. The Morgan fingerprint density at radius 3 is 2.50 bits per heavy atom. The van der Waals surface area contributed by atoms with Crippen LogP contribution in [0.15, 0.2) is 53.4 Å². The molecule has 4 rings (SSSR count). The number of nitrogens with zero attached hydrogens (tertiary/aromatic N) is 1. The molecule has 0 spiro atoms. The summed E-state index contributed by atoms with van der Waals surface area (Å²) in [5.74, 6) is 0.997. The van der Waals surface area contributed by atoms with Crippen LogP contribution in [-0.4, -0.2) is 37.4 Å². The van der Waals surface area contributed by atoms with Crippen LogP contribution in [0.25, 0.3) is 10.9 Å². The van der Waals surface area contributed by atoms with E-state index in [-0.39, 0.29) is 0 Å². The lowest BCUT2D eigenvalue weighted by molar-refractivity contribution is 0.317. The average molecular weight is 419 g/mol. The number of piperidine rings is 1. The summed E-state index contributed by atoms with van der Waals surface area (Å²) in [6.07, 6.45) is 1.58. The number of halogens is 1. The Morgan fingerprint density at radius 2 is 1.82 bits per heavy atom. The van der Waals surface area contributed by atoms with Gasteiger partial charge in [-0.1, -0.05) is 11.6 Å². The van der Waals surface area contributed by atoms with Gasteiger partial charge in [-0.25, -0.2) is 8.42 Å². The van der Waals surface area contributed by atoms with Crippen molar-refractivity contribution in [3.63, 3.8) is 0 Å². The topological polar surface area (TPSA) is 62.4 Å². The Balaban J connectivity index is 1.46. The maximum Gasteiger partial charge on any atom is 0.243 e. The molecule has 0 atom stereocenters. The van der Waals surface area contributed by atoms with E-state index >= 15 is 0 Å². The Labute approximate surface area is 170 Å². The number of nitrogens with one attached hydrogen (secondary N) is 1. The summed E-state index contributed by atoms with van der Waals surface area (Å²) in [5.41, 5.74) is 2.21. The van der Waals surface area contributed by atoms with Crippen LogP contribution in [0.4, 0.5) is 0 Å². The van der Waals surface area contributed by atoms with E-state index in [1.807, 2.05) is 25.1 Å². The summed E-state index contributed by atoms with van der Waals surface area (Å²) >= 11 is 6.07. The fraction of sp³-hybridized carbons (Fsp3) is 0.333. The maximum atomic E-state index is 12.9. The van der Waals surface area contributed by atoms with Gasteiger partial charge in [0.05, 0.1) is 11.5 Å². The predicted molar refractivity (Wildman–Crippen MR) is 112 cm³/mol. The van der Waals surface area contributed by atoms with Crippen LogP contribution in [0.3, 0.4) is 0 Å². The third kappa shape index (κ3) is 3.77. The first kappa shape index (κ1) is 19.3. The van der Waals surface area contributed by atoms with Crippen LogP contribution in [0.5, 0.6) is 5.75 Å². The summed E-state index contributed by atoms with van der Waals surface area (Å²) in [4.78, 5) is 3.77. The number of aromatic nitrogens is 1. The van der Waals surface area contributed by atoms with Gasteiger partial charge in [-0.2, -0.15) is 4.31 Å². The van der Waals surface area contributed by atoms with E-state index in [1.165, 1.54) is 0 Å². The number of sulfonamides is 1. The summed E-state index contributed by atoms with van der Waals surface area (Å²) in [6.45, 7) is 3.47. The van der Waals surface area contributed by atoms with Gasteiger partial charge in [0.15, 0.2) is 0 Å². The fourth-order valence-corrected chi connectivity index (χ4v) is 5.43. The lowest BCUT2D eigenvalue weighted by Gasteiger charge is -2.30. The monoisotopic (exact) mass is 418 g/mol. The molecule has 1 N–H and O–H groups in total. The third-order valence-corrected chi connectivity index (χ3v) is 7.42. The highest BCUT2D eigenvalue weighted by Gasteiger charge is 2.30. The lowest BCUT2D eigenvalue weighted by Crippen LogP contribution is -2.37. The van der Waals surface area contributed by atoms with Gasteiger partial charge in [0.2, 0.25) is 10.0 Å². The van der Waals surface area contributed by atoms with E-state index in [0.29, 0.717) is 41.3 Å².